The van der Waals surface area contributed by atoms with Crippen molar-refractivity contribution in [2.24, 2.45) is 0 Å². The summed E-state index contributed by atoms with van der Waals surface area (Å²) in [4.78, 5) is 23.7. The molecule has 0 spiro atoms. The van der Waals surface area contributed by atoms with E-state index in [2.05, 4.69) is 0 Å². The van der Waals surface area contributed by atoms with Gasteiger partial charge in [0.2, 0.25) is 5.79 Å². The molecule has 0 amide bonds. The van der Waals surface area contributed by atoms with Crippen LogP contribution in [0.5, 0.6) is 0 Å². The molecule has 0 atom stereocenters. The highest BCUT2D eigenvalue weighted by molar-refractivity contribution is 7.10. The van der Waals surface area contributed by atoms with Crippen molar-refractivity contribution in [3.63, 3.8) is 0 Å². The zero-order chi connectivity index (χ0) is 20.5. The molecule has 2 heterocycles. The van der Waals surface area contributed by atoms with E-state index in [0.29, 0.717) is 25.2 Å². The largest absolute Gasteiger partial charge is 0.478 e. The first-order valence-corrected chi connectivity index (χ1v) is 9.83. The standard InChI is InChI=1S/C21H22O6S/c1-4-21(26-7-8-27-21)18-10-15(11-28-18)13(3)12(2)14-5-6-16(19(22)23)17(9-14)20(24)25/h5-6,9-11H,4,7-8H2,1-3H3,(H,22,23)(H,24,25)/b13-12+. The minimum absolute atomic E-state index is 0.221. The summed E-state index contributed by atoms with van der Waals surface area (Å²) in [6.45, 7) is 7.02. The number of benzene rings is 1. The Labute approximate surface area is 167 Å². The maximum Gasteiger partial charge on any atom is 0.336 e. The first-order chi connectivity index (χ1) is 13.3. The van der Waals surface area contributed by atoms with Crippen molar-refractivity contribution in [3.8, 4) is 0 Å². The van der Waals surface area contributed by atoms with E-state index in [9.17, 15) is 19.8 Å². The zero-order valence-corrected chi connectivity index (χ0v) is 16.8. The smallest absolute Gasteiger partial charge is 0.336 e. The second kappa shape index (κ2) is 7.87. The molecule has 7 heteroatoms. The van der Waals surface area contributed by atoms with Crippen LogP contribution in [-0.2, 0) is 15.3 Å². The fourth-order valence-corrected chi connectivity index (χ4v) is 4.42. The number of carbonyl (C=O) groups is 2. The molecule has 3 rings (SSSR count). The molecule has 6 nitrogen and oxygen atoms in total. The molecule has 1 aromatic heterocycles. The van der Waals surface area contributed by atoms with E-state index in [1.165, 1.54) is 12.1 Å². The molecule has 0 unspecified atom stereocenters. The number of hydrogen-bond acceptors (Lipinski definition) is 5. The van der Waals surface area contributed by atoms with Crippen molar-refractivity contribution < 1.29 is 29.3 Å². The van der Waals surface area contributed by atoms with Crippen LogP contribution in [0.3, 0.4) is 0 Å². The summed E-state index contributed by atoms with van der Waals surface area (Å²) in [6, 6.07) is 6.43. The maximum atomic E-state index is 11.5. The lowest BCUT2D eigenvalue weighted by molar-refractivity contribution is -0.164. The Morgan fingerprint density at radius 2 is 1.61 bits per heavy atom. The first-order valence-electron chi connectivity index (χ1n) is 8.95. The summed E-state index contributed by atoms with van der Waals surface area (Å²) in [5.74, 6) is -3.20. The van der Waals surface area contributed by atoms with Crippen molar-refractivity contribution in [1.29, 1.82) is 0 Å². The van der Waals surface area contributed by atoms with Crippen molar-refractivity contribution >= 4 is 34.4 Å². The number of hydrogen-bond donors (Lipinski definition) is 2. The SMILES string of the molecule is CCC1(c2cc(/C(C)=C(\C)c3ccc(C(=O)O)c(C(=O)O)c3)cs2)OCCO1. The van der Waals surface area contributed by atoms with Gasteiger partial charge in [0.25, 0.3) is 0 Å². The Hall–Kier alpha value is -2.48. The Morgan fingerprint density at radius 3 is 2.18 bits per heavy atom. The van der Waals surface area contributed by atoms with Crippen molar-refractivity contribution in [2.45, 2.75) is 33.0 Å². The number of thiophene rings is 1. The Balaban J connectivity index is 1.99. The molecular weight excluding hydrogens is 380 g/mol. The highest BCUT2D eigenvalue weighted by Crippen LogP contribution is 2.40. The van der Waals surface area contributed by atoms with Gasteiger partial charge < -0.3 is 19.7 Å². The molecule has 2 aromatic rings. The monoisotopic (exact) mass is 402 g/mol. The molecule has 1 fully saturated rings. The van der Waals surface area contributed by atoms with Crippen molar-refractivity contribution in [2.75, 3.05) is 13.2 Å². The average molecular weight is 402 g/mol. The van der Waals surface area contributed by atoms with E-state index >= 15 is 0 Å². The minimum Gasteiger partial charge on any atom is -0.478 e. The number of rotatable bonds is 6. The molecule has 0 aliphatic carbocycles. The molecule has 0 bridgehead atoms. The van der Waals surface area contributed by atoms with E-state index < -0.39 is 17.7 Å². The number of carboxylic acid groups (broad SMARTS) is 2. The summed E-state index contributed by atoms with van der Waals surface area (Å²) in [5, 5.41) is 20.6. The third-order valence-electron chi connectivity index (χ3n) is 5.10. The number of carboxylic acids is 2. The van der Waals surface area contributed by atoms with Gasteiger partial charge in [0.15, 0.2) is 0 Å². The predicted molar refractivity (Wildman–Crippen MR) is 107 cm³/mol. The molecule has 0 radical (unpaired) electrons. The Morgan fingerprint density at radius 1 is 1.00 bits per heavy atom. The van der Waals surface area contributed by atoms with E-state index in [4.69, 9.17) is 9.47 Å². The average Bonchev–Trinajstić information content (AvgIpc) is 3.36. The summed E-state index contributed by atoms with van der Waals surface area (Å²) in [5.41, 5.74) is 3.09. The molecular formula is C21H22O6S. The van der Waals surface area contributed by atoms with Crippen LogP contribution in [0.2, 0.25) is 0 Å². The molecule has 1 aliphatic heterocycles. The lowest BCUT2D eigenvalue weighted by atomic mass is 9.95. The molecule has 1 saturated heterocycles. The third kappa shape index (κ3) is 3.61. The fraction of sp³-hybridized carbons (Fsp3) is 0.333. The van der Waals surface area contributed by atoms with Gasteiger partial charge in [-0.25, -0.2) is 9.59 Å². The highest BCUT2D eigenvalue weighted by atomic mass is 32.1. The molecule has 28 heavy (non-hydrogen) atoms. The van der Waals surface area contributed by atoms with Crippen LogP contribution in [0.4, 0.5) is 0 Å². The van der Waals surface area contributed by atoms with Crippen LogP contribution in [-0.4, -0.2) is 35.4 Å². The number of aromatic carboxylic acids is 2. The topological polar surface area (TPSA) is 93.1 Å². The number of ether oxygens (including phenoxy) is 2. The van der Waals surface area contributed by atoms with Gasteiger partial charge in [0, 0.05) is 6.42 Å². The molecule has 1 aliphatic rings. The summed E-state index contributed by atoms with van der Waals surface area (Å²) in [7, 11) is 0. The number of allylic oxidation sites excluding steroid dienone is 2. The van der Waals surface area contributed by atoms with Crippen LogP contribution in [0.25, 0.3) is 11.1 Å². The summed E-state index contributed by atoms with van der Waals surface area (Å²) >= 11 is 1.57. The second-order valence-corrected chi connectivity index (χ2v) is 7.53. The third-order valence-corrected chi connectivity index (χ3v) is 6.16. The second-order valence-electron chi connectivity index (χ2n) is 6.62. The Kier molecular flexibility index (Phi) is 5.69. The molecule has 2 N–H and O–H groups in total. The predicted octanol–water partition coefficient (Wildman–Crippen LogP) is 4.70. The van der Waals surface area contributed by atoms with E-state index in [1.807, 2.05) is 32.2 Å². The first kappa shape index (κ1) is 20.3. The van der Waals surface area contributed by atoms with Crippen molar-refractivity contribution in [3.05, 3.63) is 56.8 Å². The lowest BCUT2D eigenvalue weighted by Crippen LogP contribution is -2.24. The quantitative estimate of drug-likeness (QED) is 0.727. The van der Waals surface area contributed by atoms with Gasteiger partial charge in [0.1, 0.15) is 0 Å². The van der Waals surface area contributed by atoms with Crippen LogP contribution >= 0.6 is 11.3 Å². The molecule has 1 aromatic carbocycles. The summed E-state index contributed by atoms with van der Waals surface area (Å²) in [6.07, 6.45) is 0.716. The maximum absolute atomic E-state index is 11.5. The fourth-order valence-electron chi connectivity index (χ4n) is 3.28. The van der Waals surface area contributed by atoms with Gasteiger partial charge in [-0.3, -0.25) is 0 Å². The summed E-state index contributed by atoms with van der Waals surface area (Å²) < 4.78 is 11.7. The van der Waals surface area contributed by atoms with Gasteiger partial charge in [-0.1, -0.05) is 13.0 Å². The van der Waals surface area contributed by atoms with E-state index in [1.54, 1.807) is 17.4 Å². The van der Waals surface area contributed by atoms with Gasteiger partial charge in [-0.15, -0.1) is 11.3 Å². The zero-order valence-electron chi connectivity index (χ0n) is 15.9. The van der Waals surface area contributed by atoms with Crippen molar-refractivity contribution in [1.82, 2.24) is 0 Å². The normalized spacial score (nSPS) is 16.7. The minimum atomic E-state index is -1.26. The van der Waals surface area contributed by atoms with E-state index in [-0.39, 0.29) is 11.1 Å². The van der Waals surface area contributed by atoms with Gasteiger partial charge in [-0.2, -0.15) is 0 Å². The van der Waals surface area contributed by atoms with Gasteiger partial charge in [-0.05, 0) is 59.7 Å². The van der Waals surface area contributed by atoms with Gasteiger partial charge in [0.05, 0.1) is 29.2 Å². The lowest BCUT2D eigenvalue weighted by Gasteiger charge is -2.24. The van der Waals surface area contributed by atoms with Gasteiger partial charge >= 0.3 is 11.9 Å². The molecule has 0 saturated carbocycles. The molecule has 148 valence electrons. The highest BCUT2D eigenvalue weighted by Gasteiger charge is 2.38. The van der Waals surface area contributed by atoms with E-state index in [0.717, 1.165) is 21.6 Å². The van der Waals surface area contributed by atoms with Crippen LogP contribution < -0.4 is 0 Å². The van der Waals surface area contributed by atoms with Crippen LogP contribution in [0.1, 0.15) is 63.9 Å². The van der Waals surface area contributed by atoms with Crippen LogP contribution in [0.15, 0.2) is 29.6 Å². The van der Waals surface area contributed by atoms with Crippen LogP contribution in [0, 0.1) is 0 Å². The Bertz CT molecular complexity index is 950.